The molecule has 0 aliphatic carbocycles. The lowest BCUT2D eigenvalue weighted by atomic mass is 10.2. The van der Waals surface area contributed by atoms with Crippen molar-refractivity contribution in [3.63, 3.8) is 0 Å². The molecular weight excluding hydrogens is 266 g/mol. The van der Waals surface area contributed by atoms with Gasteiger partial charge in [0.05, 0.1) is 21.1 Å². The van der Waals surface area contributed by atoms with E-state index in [1.807, 2.05) is 0 Å². The standard InChI is InChI=1S/C12H11N3O3S/c13-7-3-1-2-4-8(7)14-11(16)9-5-6-10(19-9)12(17)15-18/h1-6,18H,13H2,(H,14,16)(H,15,17). The third-order valence-corrected chi connectivity index (χ3v) is 3.45. The third-order valence-electron chi connectivity index (χ3n) is 2.36. The van der Waals surface area contributed by atoms with Crippen molar-refractivity contribution >= 4 is 34.5 Å². The number of carbonyl (C=O) groups is 2. The Morgan fingerprint density at radius 3 is 2.32 bits per heavy atom. The number of carbonyl (C=O) groups excluding carboxylic acids is 2. The van der Waals surface area contributed by atoms with Crippen LogP contribution in [0.25, 0.3) is 0 Å². The monoisotopic (exact) mass is 277 g/mol. The number of nitrogens with one attached hydrogen (secondary N) is 2. The molecule has 0 unspecified atom stereocenters. The number of para-hydroxylation sites is 2. The molecule has 0 atom stereocenters. The van der Waals surface area contributed by atoms with E-state index in [1.165, 1.54) is 17.6 Å². The number of rotatable bonds is 3. The Morgan fingerprint density at radius 2 is 1.68 bits per heavy atom. The minimum absolute atomic E-state index is 0.244. The second kappa shape index (κ2) is 5.51. The lowest BCUT2D eigenvalue weighted by Crippen LogP contribution is -2.17. The molecule has 2 rings (SSSR count). The number of hydrogen-bond donors (Lipinski definition) is 4. The summed E-state index contributed by atoms with van der Waals surface area (Å²) in [6.07, 6.45) is 0. The number of anilines is 2. The van der Waals surface area contributed by atoms with E-state index in [4.69, 9.17) is 10.9 Å². The van der Waals surface area contributed by atoms with Gasteiger partial charge in [0.25, 0.3) is 11.8 Å². The average Bonchev–Trinajstić information content (AvgIpc) is 2.90. The third kappa shape index (κ3) is 2.90. The average molecular weight is 277 g/mol. The molecule has 0 bridgehead atoms. The summed E-state index contributed by atoms with van der Waals surface area (Å²) >= 11 is 0.974. The summed E-state index contributed by atoms with van der Waals surface area (Å²) in [4.78, 5) is 23.7. The van der Waals surface area contributed by atoms with Crippen LogP contribution in [0.3, 0.4) is 0 Å². The second-order valence-corrected chi connectivity index (χ2v) is 4.73. The topological polar surface area (TPSA) is 104 Å². The zero-order valence-electron chi connectivity index (χ0n) is 9.71. The molecule has 2 aromatic rings. The first-order valence-corrected chi connectivity index (χ1v) is 6.13. The summed E-state index contributed by atoms with van der Waals surface area (Å²) in [5.41, 5.74) is 8.19. The fourth-order valence-corrected chi connectivity index (χ4v) is 2.22. The highest BCUT2D eigenvalue weighted by Gasteiger charge is 2.14. The van der Waals surface area contributed by atoms with Crippen molar-refractivity contribution in [2.45, 2.75) is 0 Å². The first-order chi connectivity index (χ1) is 9.11. The van der Waals surface area contributed by atoms with E-state index >= 15 is 0 Å². The Morgan fingerprint density at radius 1 is 1.05 bits per heavy atom. The van der Waals surface area contributed by atoms with Gasteiger partial charge in [0.1, 0.15) is 0 Å². The van der Waals surface area contributed by atoms with Crippen molar-refractivity contribution in [1.29, 1.82) is 0 Å². The van der Waals surface area contributed by atoms with Crippen LogP contribution < -0.4 is 16.5 Å². The van der Waals surface area contributed by atoms with Crippen LogP contribution in [-0.2, 0) is 0 Å². The van der Waals surface area contributed by atoms with Gasteiger partial charge in [-0.3, -0.25) is 14.8 Å². The molecule has 0 saturated carbocycles. The van der Waals surface area contributed by atoms with E-state index in [2.05, 4.69) is 5.32 Å². The molecule has 0 fully saturated rings. The van der Waals surface area contributed by atoms with E-state index in [-0.39, 0.29) is 10.8 Å². The van der Waals surface area contributed by atoms with Gasteiger partial charge in [-0.2, -0.15) is 0 Å². The Balaban J connectivity index is 2.15. The quantitative estimate of drug-likeness (QED) is 0.389. The van der Waals surface area contributed by atoms with Crippen LogP contribution in [0.2, 0.25) is 0 Å². The molecule has 19 heavy (non-hydrogen) atoms. The van der Waals surface area contributed by atoms with Crippen molar-refractivity contribution in [3.8, 4) is 0 Å². The molecule has 1 aromatic heterocycles. The second-order valence-electron chi connectivity index (χ2n) is 3.65. The highest BCUT2D eigenvalue weighted by molar-refractivity contribution is 7.16. The number of benzene rings is 1. The van der Waals surface area contributed by atoms with Crippen LogP contribution in [0.4, 0.5) is 11.4 Å². The van der Waals surface area contributed by atoms with Crippen LogP contribution in [0.5, 0.6) is 0 Å². The van der Waals surface area contributed by atoms with Gasteiger partial charge < -0.3 is 11.1 Å². The van der Waals surface area contributed by atoms with E-state index in [1.54, 1.807) is 24.3 Å². The number of nitrogen functional groups attached to an aromatic ring is 1. The van der Waals surface area contributed by atoms with Crippen molar-refractivity contribution in [2.24, 2.45) is 0 Å². The number of nitrogens with two attached hydrogens (primary N) is 1. The Kier molecular flexibility index (Phi) is 3.79. The molecule has 0 radical (unpaired) electrons. The summed E-state index contributed by atoms with van der Waals surface area (Å²) in [6.45, 7) is 0. The largest absolute Gasteiger partial charge is 0.397 e. The lowest BCUT2D eigenvalue weighted by molar-refractivity contribution is 0.0711. The molecule has 1 aromatic carbocycles. The number of hydrogen-bond acceptors (Lipinski definition) is 5. The predicted molar refractivity (Wildman–Crippen MR) is 72.4 cm³/mol. The first kappa shape index (κ1) is 13.1. The Labute approximate surface area is 112 Å². The SMILES string of the molecule is Nc1ccccc1NC(=O)c1ccc(C(=O)NO)s1. The van der Waals surface area contributed by atoms with Crippen LogP contribution in [0, 0.1) is 0 Å². The minimum atomic E-state index is -0.650. The van der Waals surface area contributed by atoms with Gasteiger partial charge in [0.15, 0.2) is 0 Å². The van der Waals surface area contributed by atoms with Gasteiger partial charge in [-0.05, 0) is 24.3 Å². The fourth-order valence-electron chi connectivity index (χ4n) is 1.43. The van der Waals surface area contributed by atoms with Gasteiger partial charge in [-0.1, -0.05) is 12.1 Å². The van der Waals surface area contributed by atoms with E-state index < -0.39 is 5.91 Å². The number of thiophene rings is 1. The predicted octanol–water partition coefficient (Wildman–Crippen LogP) is 1.70. The minimum Gasteiger partial charge on any atom is -0.397 e. The Hall–Kier alpha value is -2.38. The molecule has 1 heterocycles. The maximum absolute atomic E-state index is 11.9. The maximum atomic E-state index is 11.9. The van der Waals surface area contributed by atoms with Gasteiger partial charge in [0.2, 0.25) is 0 Å². The molecule has 0 saturated heterocycles. The van der Waals surface area contributed by atoms with Gasteiger partial charge >= 0.3 is 0 Å². The fraction of sp³-hybridized carbons (Fsp3) is 0. The smallest absolute Gasteiger partial charge is 0.284 e. The molecule has 2 amide bonds. The molecule has 6 nitrogen and oxygen atoms in total. The van der Waals surface area contributed by atoms with Crippen LogP contribution >= 0.6 is 11.3 Å². The van der Waals surface area contributed by atoms with E-state index in [0.29, 0.717) is 16.3 Å². The molecular formula is C12H11N3O3S. The van der Waals surface area contributed by atoms with Crippen LogP contribution in [0.15, 0.2) is 36.4 Å². The van der Waals surface area contributed by atoms with E-state index in [9.17, 15) is 9.59 Å². The Bertz CT molecular complexity index is 624. The lowest BCUT2D eigenvalue weighted by Gasteiger charge is -2.06. The molecule has 0 aliphatic rings. The summed E-state index contributed by atoms with van der Waals surface area (Å²) in [5, 5.41) is 11.1. The molecule has 98 valence electrons. The maximum Gasteiger partial charge on any atom is 0.284 e. The van der Waals surface area contributed by atoms with Gasteiger partial charge in [-0.25, -0.2) is 5.48 Å². The van der Waals surface area contributed by atoms with Gasteiger partial charge in [0, 0.05) is 0 Å². The van der Waals surface area contributed by atoms with E-state index in [0.717, 1.165) is 11.3 Å². The number of hydroxylamine groups is 1. The molecule has 5 N–H and O–H groups in total. The summed E-state index contributed by atoms with van der Waals surface area (Å²) < 4.78 is 0. The van der Waals surface area contributed by atoms with Crippen molar-refractivity contribution in [2.75, 3.05) is 11.1 Å². The highest BCUT2D eigenvalue weighted by Crippen LogP contribution is 2.21. The highest BCUT2D eigenvalue weighted by atomic mass is 32.1. The van der Waals surface area contributed by atoms with Crippen LogP contribution in [-0.4, -0.2) is 17.0 Å². The summed E-state index contributed by atoms with van der Waals surface area (Å²) in [6, 6.07) is 9.84. The van der Waals surface area contributed by atoms with Gasteiger partial charge in [-0.15, -0.1) is 11.3 Å². The molecule has 7 heteroatoms. The number of amides is 2. The summed E-state index contributed by atoms with van der Waals surface area (Å²) in [7, 11) is 0. The molecule has 0 aliphatic heterocycles. The van der Waals surface area contributed by atoms with Crippen molar-refractivity contribution < 1.29 is 14.8 Å². The first-order valence-electron chi connectivity index (χ1n) is 5.32. The molecule has 0 spiro atoms. The van der Waals surface area contributed by atoms with Crippen molar-refractivity contribution in [3.05, 3.63) is 46.2 Å². The van der Waals surface area contributed by atoms with Crippen molar-refractivity contribution in [1.82, 2.24) is 5.48 Å². The normalized spacial score (nSPS) is 9.95. The zero-order chi connectivity index (χ0) is 13.8. The van der Waals surface area contributed by atoms with Crippen LogP contribution in [0.1, 0.15) is 19.3 Å². The zero-order valence-corrected chi connectivity index (χ0v) is 10.5. The summed E-state index contributed by atoms with van der Waals surface area (Å²) in [5.74, 6) is -1.01.